The number of benzene rings is 3. The molecule has 44 heavy (non-hydrogen) atoms. The molecular weight excluding hydrogens is 567 g/mol. The van der Waals surface area contributed by atoms with Gasteiger partial charge in [0.05, 0.1) is 4.92 Å². The van der Waals surface area contributed by atoms with Gasteiger partial charge in [0.1, 0.15) is 17.4 Å². The van der Waals surface area contributed by atoms with E-state index >= 15 is 0 Å². The van der Waals surface area contributed by atoms with E-state index in [4.69, 9.17) is 23.4 Å². The Bertz CT molecular complexity index is 1620. The second kappa shape index (κ2) is 12.3. The van der Waals surface area contributed by atoms with Crippen LogP contribution < -0.4 is 9.64 Å². The Morgan fingerprint density at radius 2 is 1.80 bits per heavy atom. The second-order valence-corrected chi connectivity index (χ2v) is 10.3. The highest BCUT2D eigenvalue weighted by Gasteiger charge is 2.60. The van der Waals surface area contributed by atoms with Crippen molar-refractivity contribution < 1.29 is 37.9 Å². The van der Waals surface area contributed by atoms with E-state index in [2.05, 4.69) is 11.0 Å². The molecule has 12 heteroatoms. The molecule has 0 radical (unpaired) electrons. The Hall–Kier alpha value is -5.03. The molecule has 2 aliphatic rings. The standard InChI is InChI=1S/C32H31BN2O9/c1-5-34(6-2)27-18-14-23(29(20-27)40-22(3)36)15-19-28-21-30(24-12-16-26(17-13-24)35(38)39)42-33(41-28)43-31(37)32(4,44-33)25-10-8-7-9-11-25/h7-20,28H,5-6H2,1-4H3/b19-15+. The van der Waals surface area contributed by atoms with Gasteiger partial charge in [-0.3, -0.25) is 19.7 Å². The molecule has 0 amide bonds. The van der Waals surface area contributed by atoms with Gasteiger partial charge in [-0.1, -0.05) is 30.3 Å². The van der Waals surface area contributed by atoms with Crippen LogP contribution in [0.4, 0.5) is 11.4 Å². The van der Waals surface area contributed by atoms with Crippen molar-refractivity contribution >= 4 is 42.1 Å². The summed E-state index contributed by atoms with van der Waals surface area (Å²) in [4.78, 5) is 38.0. The molecule has 1 fully saturated rings. The summed E-state index contributed by atoms with van der Waals surface area (Å²) in [5.41, 5.74) is 0.810. The molecule has 3 atom stereocenters. The van der Waals surface area contributed by atoms with Crippen molar-refractivity contribution in [2.75, 3.05) is 18.0 Å². The van der Waals surface area contributed by atoms with Crippen LogP contribution in [-0.2, 0) is 33.8 Å². The summed E-state index contributed by atoms with van der Waals surface area (Å²) >= 11 is 0. The van der Waals surface area contributed by atoms with Crippen LogP contribution >= 0.6 is 0 Å². The van der Waals surface area contributed by atoms with Crippen LogP contribution in [0.2, 0.25) is 0 Å². The van der Waals surface area contributed by atoms with Crippen molar-refractivity contribution in [2.24, 2.45) is 0 Å². The highest BCUT2D eigenvalue weighted by Crippen LogP contribution is 2.43. The van der Waals surface area contributed by atoms with Gasteiger partial charge < -0.3 is 28.3 Å². The zero-order valence-electron chi connectivity index (χ0n) is 24.7. The Morgan fingerprint density at radius 1 is 1.09 bits per heavy atom. The lowest BCUT2D eigenvalue weighted by atomic mass is 9.94. The maximum atomic E-state index is 13.2. The Kier molecular flexibility index (Phi) is 8.51. The molecule has 0 aliphatic carbocycles. The van der Waals surface area contributed by atoms with Crippen LogP contribution in [0.15, 0.2) is 78.9 Å². The molecule has 11 nitrogen and oxygen atoms in total. The summed E-state index contributed by atoms with van der Waals surface area (Å²) in [6, 6.07) is 20.0. The summed E-state index contributed by atoms with van der Waals surface area (Å²) in [5, 5.41) is 11.2. The van der Waals surface area contributed by atoms with Gasteiger partial charge >= 0.3 is 18.7 Å². The Morgan fingerprint density at radius 3 is 2.43 bits per heavy atom. The predicted octanol–water partition coefficient (Wildman–Crippen LogP) is 5.56. The number of non-ortho nitro benzene ring substituents is 1. The molecule has 2 aliphatic heterocycles. The van der Waals surface area contributed by atoms with Crippen LogP contribution in [0.25, 0.3) is 11.8 Å². The number of anilines is 1. The summed E-state index contributed by atoms with van der Waals surface area (Å²) in [5.74, 6) is -0.715. The lowest BCUT2D eigenvalue weighted by molar-refractivity contribution is -0.384. The summed E-state index contributed by atoms with van der Waals surface area (Å²) < 4.78 is 29.5. The van der Waals surface area contributed by atoms with Crippen molar-refractivity contribution in [1.29, 1.82) is 0 Å². The van der Waals surface area contributed by atoms with Crippen LogP contribution in [0.1, 0.15) is 44.4 Å². The summed E-state index contributed by atoms with van der Waals surface area (Å²) in [7, 11) is 0. The fourth-order valence-corrected chi connectivity index (χ4v) is 5.06. The minimum Gasteiger partial charge on any atom is -0.606 e. The number of esters is 1. The number of hydrogen-bond acceptors (Lipinski definition) is 10. The van der Waals surface area contributed by atoms with Gasteiger partial charge in [0.2, 0.25) is 0 Å². The number of hydrogen-bond donors (Lipinski definition) is 0. The lowest BCUT2D eigenvalue weighted by Crippen LogP contribution is -2.50. The van der Waals surface area contributed by atoms with Crippen LogP contribution in [-0.4, -0.2) is 43.0 Å². The number of carbonyl (C=O) groups excluding carboxylic acids is 2. The molecule has 0 N–H and O–H groups in total. The zero-order chi connectivity index (χ0) is 31.5. The third kappa shape index (κ3) is 6.18. The van der Waals surface area contributed by atoms with Crippen molar-refractivity contribution in [3.63, 3.8) is 0 Å². The molecule has 2 heterocycles. The normalized spacial score (nSPS) is 22.6. The minimum atomic E-state index is -3.14. The molecule has 0 saturated carbocycles. The molecule has 0 aromatic heterocycles. The fraction of sp³-hybridized carbons (Fsp3) is 0.250. The molecule has 226 valence electrons. The van der Waals surface area contributed by atoms with Gasteiger partial charge in [-0.05, 0) is 50.6 Å². The highest BCUT2D eigenvalue weighted by atomic mass is 16.9. The van der Waals surface area contributed by atoms with Crippen LogP contribution in [0, 0.1) is 16.2 Å². The van der Waals surface area contributed by atoms with E-state index in [9.17, 15) is 19.7 Å². The fourth-order valence-electron chi connectivity index (χ4n) is 5.06. The van der Waals surface area contributed by atoms with Gasteiger partial charge in [-0.2, -0.15) is 0 Å². The second-order valence-electron chi connectivity index (χ2n) is 10.3. The number of carbonyl (C=O) groups is 2. The van der Waals surface area contributed by atoms with Crippen molar-refractivity contribution in [2.45, 2.75) is 39.4 Å². The number of nitro groups is 1. The third-order valence-corrected chi connectivity index (χ3v) is 7.36. The zero-order valence-corrected chi connectivity index (χ0v) is 24.7. The SMILES string of the molecule is CCN(CC)c1ccc(/C=C/C2[C+]=C(c3ccc([N+](=O)[O-])cc3)O[B-]3(OC(=O)C(C)(c4ccccc4)O3)O2)c(OC(C)=O)c1. The van der Waals surface area contributed by atoms with Crippen LogP contribution in [0.3, 0.4) is 0 Å². The quantitative estimate of drug-likeness (QED) is 0.0771. The highest BCUT2D eigenvalue weighted by molar-refractivity contribution is 6.59. The molecule has 1 saturated heterocycles. The van der Waals surface area contributed by atoms with Gasteiger partial charge in [0, 0.05) is 61.6 Å². The number of ether oxygens (including phenoxy) is 1. The third-order valence-electron chi connectivity index (χ3n) is 7.36. The van der Waals surface area contributed by atoms with E-state index in [1.165, 1.54) is 31.2 Å². The van der Waals surface area contributed by atoms with Gasteiger partial charge in [0.25, 0.3) is 11.7 Å². The van der Waals surface area contributed by atoms with Gasteiger partial charge in [-0.15, -0.1) is 0 Å². The molecule has 1 spiro atoms. The summed E-state index contributed by atoms with van der Waals surface area (Å²) in [6.07, 6.45) is 5.43. The molecular formula is C32H31BN2O9. The monoisotopic (exact) mass is 598 g/mol. The first-order chi connectivity index (χ1) is 21.1. The van der Waals surface area contributed by atoms with E-state index in [0.29, 0.717) is 22.4 Å². The lowest BCUT2D eigenvalue weighted by Gasteiger charge is -2.38. The number of nitro benzene ring substituents is 1. The Balaban J connectivity index is 1.52. The van der Waals surface area contributed by atoms with Crippen molar-refractivity contribution in [1.82, 2.24) is 0 Å². The largest absolute Gasteiger partial charge is 0.660 e. The van der Waals surface area contributed by atoms with E-state index in [1.54, 1.807) is 49.4 Å². The van der Waals surface area contributed by atoms with Crippen molar-refractivity contribution in [3.8, 4) is 5.75 Å². The maximum Gasteiger partial charge on any atom is 0.660 e. The summed E-state index contributed by atoms with van der Waals surface area (Å²) in [6.45, 7) is 5.37. The molecule has 3 aromatic rings. The molecule has 0 bridgehead atoms. The molecule has 3 aromatic carbocycles. The first-order valence-electron chi connectivity index (χ1n) is 14.2. The molecule has 3 unspecified atom stereocenters. The first kappa shape index (κ1) is 30.4. The number of rotatable bonds is 9. The van der Waals surface area contributed by atoms with E-state index in [-0.39, 0.29) is 11.4 Å². The van der Waals surface area contributed by atoms with E-state index < -0.39 is 35.5 Å². The number of nitrogens with zero attached hydrogens (tertiary/aromatic N) is 2. The average Bonchev–Trinajstić information content (AvgIpc) is 3.26. The molecule has 5 rings (SSSR count). The van der Waals surface area contributed by atoms with Gasteiger partial charge in [0.15, 0.2) is 11.7 Å². The average molecular weight is 598 g/mol. The van der Waals surface area contributed by atoms with E-state index in [1.807, 2.05) is 32.0 Å². The predicted molar refractivity (Wildman–Crippen MR) is 163 cm³/mol. The van der Waals surface area contributed by atoms with E-state index in [0.717, 1.165) is 18.8 Å². The first-order valence-corrected chi connectivity index (χ1v) is 14.2. The minimum absolute atomic E-state index is 0.107. The van der Waals surface area contributed by atoms with Crippen molar-refractivity contribution in [3.05, 3.63) is 112 Å². The smallest absolute Gasteiger partial charge is 0.606 e. The Labute approximate surface area is 254 Å². The maximum absolute atomic E-state index is 13.2. The van der Waals surface area contributed by atoms with Crippen LogP contribution in [0.5, 0.6) is 5.75 Å². The topological polar surface area (TPSA) is 127 Å². The van der Waals surface area contributed by atoms with Gasteiger partial charge in [-0.25, -0.2) is 0 Å².